The van der Waals surface area contributed by atoms with Gasteiger partial charge in [0, 0.05) is 22.3 Å². The standard InChI is InChI=1S/C28H31N4O4P/c29-25(17-1-9-21(33)10-2-17)37(26(30)18-3-11-22(34)12-4-18,27(31)19-5-13-23(35)14-6-19)28(32)20-7-15-24(36)16-8-20/h1-16,25-28H,29-32H2,(H3-,33,34,35,36)/p+1. The summed E-state index contributed by atoms with van der Waals surface area (Å²) in [4.78, 5) is 0. The van der Waals surface area contributed by atoms with Crippen molar-refractivity contribution in [1.29, 1.82) is 0 Å². The molecule has 12 N–H and O–H groups in total. The van der Waals surface area contributed by atoms with Crippen molar-refractivity contribution < 1.29 is 20.4 Å². The minimum atomic E-state index is -3.02. The van der Waals surface area contributed by atoms with Crippen LogP contribution in [0.15, 0.2) is 97.1 Å². The van der Waals surface area contributed by atoms with Gasteiger partial charge in [-0.2, -0.15) is 0 Å². The van der Waals surface area contributed by atoms with Gasteiger partial charge in [0.25, 0.3) is 0 Å². The molecule has 0 bridgehead atoms. The van der Waals surface area contributed by atoms with Crippen molar-refractivity contribution in [3.05, 3.63) is 119 Å². The molecule has 0 aliphatic carbocycles. The predicted octanol–water partition coefficient (Wildman–Crippen LogP) is 4.46. The zero-order valence-electron chi connectivity index (χ0n) is 20.1. The number of rotatable bonds is 8. The lowest BCUT2D eigenvalue weighted by atomic mass is 10.2. The van der Waals surface area contributed by atoms with E-state index < -0.39 is 30.4 Å². The Kier molecular flexibility index (Phi) is 7.68. The molecule has 192 valence electrons. The smallest absolute Gasteiger partial charge is 0.148 e. The Morgan fingerprint density at radius 1 is 0.351 bits per heavy atom. The lowest BCUT2D eigenvalue weighted by Gasteiger charge is -2.44. The van der Waals surface area contributed by atoms with Crippen LogP contribution in [-0.4, -0.2) is 20.4 Å². The molecule has 0 amide bonds. The third kappa shape index (κ3) is 5.11. The Balaban J connectivity index is 2.00. The molecule has 0 aliphatic rings. The topological polar surface area (TPSA) is 185 Å². The number of nitrogens with two attached hydrogens (primary N) is 4. The van der Waals surface area contributed by atoms with Gasteiger partial charge in [-0.3, -0.25) is 22.9 Å². The molecule has 9 heteroatoms. The number of benzene rings is 4. The fourth-order valence-electron chi connectivity index (χ4n) is 4.76. The van der Waals surface area contributed by atoms with Crippen LogP contribution in [0, 0.1) is 0 Å². The highest BCUT2D eigenvalue weighted by atomic mass is 31.2. The monoisotopic (exact) mass is 519 g/mol. The molecule has 0 aliphatic heterocycles. The quantitative estimate of drug-likeness (QED) is 0.157. The average Bonchev–Trinajstić information content (AvgIpc) is 2.90. The van der Waals surface area contributed by atoms with E-state index in [4.69, 9.17) is 22.9 Å². The van der Waals surface area contributed by atoms with Crippen LogP contribution in [-0.2, 0) is 0 Å². The highest BCUT2D eigenvalue weighted by molar-refractivity contribution is 7.76. The molecule has 0 radical (unpaired) electrons. The molecule has 0 heterocycles. The van der Waals surface area contributed by atoms with Crippen LogP contribution in [0.1, 0.15) is 45.4 Å². The molecular formula is C28H32N4O4P+. The fraction of sp³-hybridized carbons (Fsp3) is 0.143. The molecule has 4 aromatic carbocycles. The summed E-state index contributed by atoms with van der Waals surface area (Å²) in [6.45, 7) is 0. The summed E-state index contributed by atoms with van der Waals surface area (Å²) in [6, 6.07) is 26.2. The van der Waals surface area contributed by atoms with Gasteiger partial charge >= 0.3 is 0 Å². The largest absolute Gasteiger partial charge is 0.508 e. The van der Waals surface area contributed by atoms with Crippen LogP contribution in [0.5, 0.6) is 23.0 Å². The molecule has 4 unspecified atom stereocenters. The highest BCUT2D eigenvalue weighted by Crippen LogP contribution is 2.86. The fourth-order valence-corrected chi connectivity index (χ4v) is 9.59. The number of hydrogen-bond acceptors (Lipinski definition) is 8. The summed E-state index contributed by atoms with van der Waals surface area (Å²) in [6.07, 6.45) is 0. The Labute approximate surface area is 216 Å². The van der Waals surface area contributed by atoms with E-state index in [0.717, 1.165) is 0 Å². The Hall–Kier alpha value is -3.65. The zero-order valence-corrected chi connectivity index (χ0v) is 21.0. The first-order valence-electron chi connectivity index (χ1n) is 11.7. The summed E-state index contributed by atoms with van der Waals surface area (Å²) >= 11 is 0. The van der Waals surface area contributed by atoms with Crippen molar-refractivity contribution in [3.63, 3.8) is 0 Å². The molecule has 8 nitrogen and oxygen atoms in total. The molecule has 0 spiro atoms. The zero-order chi connectivity index (χ0) is 26.7. The summed E-state index contributed by atoms with van der Waals surface area (Å²) in [5.41, 5.74) is 31.2. The normalized spacial score (nSPS) is 16.3. The second-order valence-corrected chi connectivity index (χ2v) is 13.1. The summed E-state index contributed by atoms with van der Waals surface area (Å²) in [5.74, 6) is -2.56. The van der Waals surface area contributed by atoms with Crippen LogP contribution in [0.2, 0.25) is 0 Å². The molecule has 0 saturated carbocycles. The second-order valence-electron chi connectivity index (χ2n) is 9.04. The lowest BCUT2D eigenvalue weighted by Crippen LogP contribution is -2.38. The van der Waals surface area contributed by atoms with Gasteiger partial charge in [-0.15, -0.1) is 0 Å². The first-order chi connectivity index (χ1) is 17.6. The maximum atomic E-state index is 9.90. The molecule has 0 aromatic heterocycles. The summed E-state index contributed by atoms with van der Waals surface area (Å²) in [5, 5.41) is 39.6. The van der Waals surface area contributed by atoms with Crippen LogP contribution in [0.4, 0.5) is 0 Å². The molecule has 4 aromatic rings. The number of aromatic hydroxyl groups is 4. The maximum Gasteiger partial charge on any atom is 0.148 e. The first kappa shape index (κ1) is 26.4. The van der Waals surface area contributed by atoms with E-state index in [0.29, 0.717) is 22.3 Å². The van der Waals surface area contributed by atoms with E-state index in [2.05, 4.69) is 0 Å². The minimum Gasteiger partial charge on any atom is -0.508 e. The van der Waals surface area contributed by atoms with E-state index in [1.807, 2.05) is 0 Å². The molecule has 37 heavy (non-hydrogen) atoms. The van der Waals surface area contributed by atoms with Crippen molar-refractivity contribution in [2.75, 3.05) is 0 Å². The van der Waals surface area contributed by atoms with Crippen molar-refractivity contribution in [3.8, 4) is 23.0 Å². The molecule has 0 fully saturated rings. The van der Waals surface area contributed by atoms with Crippen molar-refractivity contribution in [2.45, 2.75) is 23.1 Å². The van der Waals surface area contributed by atoms with Crippen molar-refractivity contribution in [2.24, 2.45) is 22.9 Å². The molecule has 4 atom stereocenters. The summed E-state index contributed by atoms with van der Waals surface area (Å²) in [7, 11) is -3.02. The number of hydrogen-bond donors (Lipinski definition) is 8. The van der Waals surface area contributed by atoms with Crippen LogP contribution in [0.3, 0.4) is 0 Å². The average molecular weight is 520 g/mol. The van der Waals surface area contributed by atoms with Crippen molar-refractivity contribution in [1.82, 2.24) is 0 Å². The second kappa shape index (κ2) is 10.8. The van der Waals surface area contributed by atoms with Crippen molar-refractivity contribution >= 4 is 7.26 Å². The highest BCUT2D eigenvalue weighted by Gasteiger charge is 2.61. The third-order valence-electron chi connectivity index (χ3n) is 6.87. The third-order valence-corrected chi connectivity index (χ3v) is 11.9. The van der Waals surface area contributed by atoms with Gasteiger partial charge in [0.2, 0.25) is 0 Å². The number of phenolic OH excluding ortho intramolecular Hbond substituents is 4. The Morgan fingerprint density at radius 3 is 0.676 bits per heavy atom. The van der Waals surface area contributed by atoms with Crippen LogP contribution >= 0.6 is 7.26 Å². The Morgan fingerprint density at radius 2 is 0.514 bits per heavy atom. The molecular weight excluding hydrogens is 487 g/mol. The van der Waals surface area contributed by atoms with Gasteiger partial charge < -0.3 is 20.4 Å². The Bertz CT molecular complexity index is 1110. The predicted molar refractivity (Wildman–Crippen MR) is 147 cm³/mol. The maximum absolute atomic E-state index is 9.90. The van der Waals surface area contributed by atoms with E-state index >= 15 is 0 Å². The SMILES string of the molecule is NC(c1ccc(O)cc1)[P+](C(N)c1ccc(O)cc1)(C(N)c1ccc(O)cc1)C(N)c1ccc(O)cc1. The van der Waals surface area contributed by atoms with E-state index in [9.17, 15) is 20.4 Å². The molecule has 0 saturated heterocycles. The van der Waals surface area contributed by atoms with Crippen LogP contribution < -0.4 is 22.9 Å². The van der Waals surface area contributed by atoms with Gasteiger partial charge in [0.05, 0.1) is 0 Å². The van der Waals surface area contributed by atoms with Gasteiger partial charge in [-0.05, 0) is 48.5 Å². The van der Waals surface area contributed by atoms with E-state index in [1.165, 1.54) is 0 Å². The first-order valence-corrected chi connectivity index (χ1v) is 13.8. The summed E-state index contributed by atoms with van der Waals surface area (Å²) < 4.78 is 0. The van der Waals surface area contributed by atoms with Crippen LogP contribution in [0.25, 0.3) is 0 Å². The lowest BCUT2D eigenvalue weighted by molar-refractivity contribution is 0.474. The van der Waals surface area contributed by atoms with E-state index in [-0.39, 0.29) is 23.0 Å². The van der Waals surface area contributed by atoms with Gasteiger partial charge in [-0.25, -0.2) is 0 Å². The molecule has 4 rings (SSSR count). The van der Waals surface area contributed by atoms with Gasteiger partial charge in [0.1, 0.15) is 53.4 Å². The van der Waals surface area contributed by atoms with Gasteiger partial charge in [0.15, 0.2) is 0 Å². The minimum absolute atomic E-state index is 0.0911. The van der Waals surface area contributed by atoms with E-state index in [1.54, 1.807) is 97.1 Å². The number of phenols is 4. The van der Waals surface area contributed by atoms with Gasteiger partial charge in [-0.1, -0.05) is 48.5 Å².